The van der Waals surface area contributed by atoms with E-state index in [-0.39, 0.29) is 11.9 Å². The van der Waals surface area contributed by atoms with E-state index in [1.807, 2.05) is 54.8 Å². The molecule has 10 heteroatoms. The number of nitrogens with zero attached hydrogens (tertiary/aromatic N) is 7. The van der Waals surface area contributed by atoms with Crippen LogP contribution in [0.5, 0.6) is 0 Å². The molecule has 5 aromatic rings. The molecule has 216 valence electrons. The number of aromatic nitrogens is 5. The SMILES string of the molecule is C[C@@H](Nc1nccc(-n2c(-c3ccc(F)cc3)nc3nc(N4CCN(CC(C)(C)O)CC4)ccc32)n1)c1ccccc1. The minimum absolute atomic E-state index is 0.00527. The molecule has 2 N–H and O–H groups in total. The van der Waals surface area contributed by atoms with Crippen molar-refractivity contribution in [3.8, 4) is 17.2 Å². The number of β-amino-alcohol motifs (C(OH)–C–C–N with tert-alkyl or cyclic N) is 1. The van der Waals surface area contributed by atoms with Crippen LogP contribution in [0.2, 0.25) is 0 Å². The van der Waals surface area contributed by atoms with Gasteiger partial charge in [-0.3, -0.25) is 9.47 Å². The molecule has 1 aliphatic rings. The van der Waals surface area contributed by atoms with E-state index in [9.17, 15) is 9.50 Å². The van der Waals surface area contributed by atoms with Crippen LogP contribution in [0.3, 0.4) is 0 Å². The highest BCUT2D eigenvalue weighted by atomic mass is 19.1. The number of fused-ring (bicyclic) bond motifs is 1. The number of hydrogen-bond acceptors (Lipinski definition) is 8. The largest absolute Gasteiger partial charge is 0.389 e. The number of anilines is 2. The first-order valence-corrected chi connectivity index (χ1v) is 14.2. The van der Waals surface area contributed by atoms with Gasteiger partial charge in [0.15, 0.2) is 5.65 Å². The van der Waals surface area contributed by atoms with E-state index in [2.05, 4.69) is 39.2 Å². The van der Waals surface area contributed by atoms with Crippen LogP contribution in [0.1, 0.15) is 32.4 Å². The van der Waals surface area contributed by atoms with Crippen molar-refractivity contribution < 1.29 is 9.50 Å². The number of nitrogens with one attached hydrogen (secondary N) is 1. The van der Waals surface area contributed by atoms with E-state index < -0.39 is 5.60 Å². The van der Waals surface area contributed by atoms with Gasteiger partial charge in [-0.05, 0) is 68.8 Å². The lowest BCUT2D eigenvalue weighted by Gasteiger charge is -2.37. The number of halogens is 1. The summed E-state index contributed by atoms with van der Waals surface area (Å²) in [6, 6.07) is 22.3. The van der Waals surface area contributed by atoms with E-state index in [1.165, 1.54) is 12.1 Å². The third kappa shape index (κ3) is 6.09. The molecule has 0 unspecified atom stereocenters. The summed E-state index contributed by atoms with van der Waals surface area (Å²) in [5.41, 5.74) is 2.53. The summed E-state index contributed by atoms with van der Waals surface area (Å²) < 4.78 is 15.8. The van der Waals surface area contributed by atoms with Crippen LogP contribution in [-0.4, -0.2) is 72.8 Å². The van der Waals surface area contributed by atoms with E-state index >= 15 is 0 Å². The Kier molecular flexibility index (Phi) is 7.57. The van der Waals surface area contributed by atoms with Crippen LogP contribution in [0, 0.1) is 5.82 Å². The van der Waals surface area contributed by atoms with Gasteiger partial charge in [0.05, 0.1) is 17.2 Å². The summed E-state index contributed by atoms with van der Waals surface area (Å²) in [7, 11) is 0. The molecule has 2 aromatic carbocycles. The Labute approximate surface area is 244 Å². The fourth-order valence-corrected chi connectivity index (χ4v) is 5.40. The van der Waals surface area contributed by atoms with Crippen LogP contribution in [-0.2, 0) is 0 Å². The highest BCUT2D eigenvalue weighted by molar-refractivity contribution is 5.81. The van der Waals surface area contributed by atoms with Gasteiger partial charge in [0, 0.05) is 44.5 Å². The van der Waals surface area contributed by atoms with Crippen molar-refractivity contribution in [2.75, 3.05) is 42.9 Å². The van der Waals surface area contributed by atoms with Gasteiger partial charge in [0.25, 0.3) is 0 Å². The lowest BCUT2D eigenvalue weighted by molar-refractivity contribution is 0.0344. The van der Waals surface area contributed by atoms with Gasteiger partial charge < -0.3 is 15.3 Å². The molecule has 6 rings (SSSR count). The zero-order chi connectivity index (χ0) is 29.3. The molecule has 1 aliphatic heterocycles. The summed E-state index contributed by atoms with van der Waals surface area (Å²) in [6.07, 6.45) is 1.72. The van der Waals surface area contributed by atoms with Gasteiger partial charge in [-0.25, -0.2) is 19.3 Å². The van der Waals surface area contributed by atoms with Crippen molar-refractivity contribution in [1.82, 2.24) is 29.4 Å². The monoisotopic (exact) mass is 566 g/mol. The van der Waals surface area contributed by atoms with Crippen LogP contribution >= 0.6 is 0 Å². The van der Waals surface area contributed by atoms with Crippen LogP contribution in [0.25, 0.3) is 28.4 Å². The molecule has 3 aromatic heterocycles. The molecule has 0 amide bonds. The average Bonchev–Trinajstić information content (AvgIpc) is 3.36. The summed E-state index contributed by atoms with van der Waals surface area (Å²) >= 11 is 0. The second-order valence-electron chi connectivity index (χ2n) is 11.4. The first-order valence-electron chi connectivity index (χ1n) is 14.2. The minimum atomic E-state index is -0.723. The molecule has 0 saturated carbocycles. The molecular formula is C32H35FN8O. The molecule has 1 atom stereocenters. The summed E-state index contributed by atoms with van der Waals surface area (Å²) in [5.74, 6) is 2.27. The van der Waals surface area contributed by atoms with Crippen molar-refractivity contribution in [1.29, 1.82) is 0 Å². The highest BCUT2D eigenvalue weighted by Crippen LogP contribution is 2.30. The molecule has 0 aliphatic carbocycles. The van der Waals surface area contributed by atoms with Gasteiger partial charge in [0.2, 0.25) is 5.95 Å². The maximum atomic E-state index is 13.8. The van der Waals surface area contributed by atoms with Crippen LogP contribution in [0.4, 0.5) is 16.2 Å². The first-order chi connectivity index (χ1) is 20.2. The van der Waals surface area contributed by atoms with Gasteiger partial charge in [-0.2, -0.15) is 4.98 Å². The van der Waals surface area contributed by atoms with Crippen LogP contribution < -0.4 is 10.2 Å². The van der Waals surface area contributed by atoms with E-state index in [4.69, 9.17) is 15.0 Å². The number of hydrogen-bond donors (Lipinski definition) is 2. The molecular weight excluding hydrogens is 531 g/mol. The Morgan fingerprint density at radius 3 is 2.33 bits per heavy atom. The fourth-order valence-electron chi connectivity index (χ4n) is 5.40. The Morgan fingerprint density at radius 2 is 1.62 bits per heavy atom. The van der Waals surface area contributed by atoms with Crippen molar-refractivity contribution in [3.63, 3.8) is 0 Å². The summed E-state index contributed by atoms with van der Waals surface area (Å²) in [4.78, 5) is 23.7. The van der Waals surface area contributed by atoms with Gasteiger partial charge in [-0.1, -0.05) is 30.3 Å². The zero-order valence-electron chi connectivity index (χ0n) is 24.1. The Hall–Kier alpha value is -4.41. The van der Waals surface area contributed by atoms with Crippen LogP contribution in [0.15, 0.2) is 79.0 Å². The quantitative estimate of drug-likeness (QED) is 0.269. The third-order valence-corrected chi connectivity index (χ3v) is 7.43. The smallest absolute Gasteiger partial charge is 0.225 e. The Bertz CT molecular complexity index is 1660. The predicted octanol–water partition coefficient (Wildman–Crippen LogP) is 5.08. The lowest BCUT2D eigenvalue weighted by Crippen LogP contribution is -2.50. The number of imidazole rings is 1. The first kappa shape index (κ1) is 27.7. The maximum absolute atomic E-state index is 13.8. The molecule has 9 nitrogen and oxygen atoms in total. The topological polar surface area (TPSA) is 95.2 Å². The molecule has 0 bridgehead atoms. The van der Waals surface area contributed by atoms with Crippen molar-refractivity contribution in [3.05, 3.63) is 90.4 Å². The van der Waals surface area contributed by atoms with E-state index in [0.717, 1.165) is 48.6 Å². The lowest BCUT2D eigenvalue weighted by atomic mass is 10.1. The van der Waals surface area contributed by atoms with Gasteiger partial charge in [0.1, 0.15) is 23.3 Å². The molecule has 4 heterocycles. The molecule has 42 heavy (non-hydrogen) atoms. The second kappa shape index (κ2) is 11.5. The average molecular weight is 567 g/mol. The number of benzene rings is 2. The van der Waals surface area contributed by atoms with E-state index in [0.29, 0.717) is 29.8 Å². The van der Waals surface area contributed by atoms with Crippen molar-refractivity contribution >= 4 is 22.9 Å². The predicted molar refractivity (Wildman–Crippen MR) is 163 cm³/mol. The summed E-state index contributed by atoms with van der Waals surface area (Å²) in [6.45, 7) is 9.68. The standard InChI is InChI=1S/C32H35FN8O/c1-22(23-7-5-4-6-8-23)35-31-34-16-15-28(37-31)41-26-13-14-27(40-19-17-39(18-20-40)21-32(2,3)42)36-29(26)38-30(41)24-9-11-25(33)12-10-24/h4-16,22,42H,17-21H2,1-3H3,(H,34,35,37)/t22-/m1/s1. The van der Waals surface area contributed by atoms with E-state index in [1.54, 1.807) is 18.3 Å². The van der Waals surface area contributed by atoms with Gasteiger partial charge >= 0.3 is 0 Å². The third-order valence-electron chi connectivity index (χ3n) is 7.43. The van der Waals surface area contributed by atoms with Gasteiger partial charge in [-0.15, -0.1) is 0 Å². The molecule has 0 spiro atoms. The molecule has 1 fully saturated rings. The highest BCUT2D eigenvalue weighted by Gasteiger charge is 2.24. The number of pyridine rings is 1. The number of aliphatic hydroxyl groups is 1. The molecule has 0 radical (unpaired) electrons. The zero-order valence-corrected chi connectivity index (χ0v) is 24.1. The summed E-state index contributed by atoms with van der Waals surface area (Å²) in [5, 5.41) is 13.6. The minimum Gasteiger partial charge on any atom is -0.389 e. The fraction of sp³-hybridized carbons (Fsp3) is 0.312. The van der Waals surface area contributed by atoms with Crippen molar-refractivity contribution in [2.45, 2.75) is 32.4 Å². The maximum Gasteiger partial charge on any atom is 0.225 e. The number of rotatable bonds is 8. The Morgan fingerprint density at radius 1 is 0.881 bits per heavy atom. The number of piperazine rings is 1. The van der Waals surface area contributed by atoms with Crippen molar-refractivity contribution in [2.24, 2.45) is 0 Å². The second-order valence-corrected chi connectivity index (χ2v) is 11.4. The Balaban J connectivity index is 1.34. The normalized spacial score (nSPS) is 15.2. The molecule has 1 saturated heterocycles.